The van der Waals surface area contributed by atoms with Crippen molar-refractivity contribution < 1.29 is 9.53 Å². The molecule has 1 N–H and O–H groups in total. The van der Waals surface area contributed by atoms with Gasteiger partial charge in [-0.3, -0.25) is 9.20 Å². The van der Waals surface area contributed by atoms with Gasteiger partial charge < -0.3 is 10.1 Å². The van der Waals surface area contributed by atoms with Gasteiger partial charge in [-0.2, -0.15) is 0 Å². The van der Waals surface area contributed by atoms with E-state index in [0.29, 0.717) is 24.4 Å². The second-order valence-corrected chi connectivity index (χ2v) is 6.95. The van der Waals surface area contributed by atoms with Crippen molar-refractivity contribution in [2.45, 2.75) is 26.9 Å². The Morgan fingerprint density at radius 2 is 1.83 bits per heavy atom. The van der Waals surface area contributed by atoms with Crippen LogP contribution in [0.3, 0.4) is 0 Å². The molecule has 2 aromatic heterocycles. The van der Waals surface area contributed by atoms with Gasteiger partial charge in [-0.25, -0.2) is 4.98 Å². The molecule has 2 aromatic carbocycles. The van der Waals surface area contributed by atoms with Crippen LogP contribution >= 0.6 is 0 Å². The fraction of sp³-hybridized carbons (Fsp3) is 0.167. The van der Waals surface area contributed by atoms with Crippen LogP contribution in [0.25, 0.3) is 5.65 Å². The molecular formula is C24H23N3O2. The first kappa shape index (κ1) is 18.7. The number of rotatable bonds is 6. The van der Waals surface area contributed by atoms with E-state index in [1.807, 2.05) is 91.2 Å². The highest BCUT2D eigenvalue weighted by molar-refractivity contribution is 6.04. The third kappa shape index (κ3) is 4.14. The maximum absolute atomic E-state index is 12.9. The molecule has 0 radical (unpaired) electrons. The van der Waals surface area contributed by atoms with Crippen molar-refractivity contribution >= 4 is 17.2 Å². The van der Waals surface area contributed by atoms with E-state index in [4.69, 9.17) is 4.74 Å². The molecule has 146 valence electrons. The quantitative estimate of drug-likeness (QED) is 0.506. The molecule has 1 amide bonds. The molecule has 5 nitrogen and oxygen atoms in total. The van der Waals surface area contributed by atoms with Gasteiger partial charge in [0.25, 0.3) is 5.91 Å². The summed E-state index contributed by atoms with van der Waals surface area (Å²) in [5.41, 5.74) is 5.09. The number of carbonyl (C=O) groups is 1. The van der Waals surface area contributed by atoms with Crippen LogP contribution in [0.2, 0.25) is 0 Å². The summed E-state index contributed by atoms with van der Waals surface area (Å²) in [7, 11) is 0. The highest BCUT2D eigenvalue weighted by Gasteiger charge is 2.18. The molecule has 0 saturated carbocycles. The summed E-state index contributed by atoms with van der Waals surface area (Å²) in [5.74, 6) is 0.586. The van der Waals surface area contributed by atoms with E-state index in [1.54, 1.807) is 0 Å². The molecule has 0 aliphatic rings. The fourth-order valence-corrected chi connectivity index (χ4v) is 3.25. The number of aryl methyl sites for hydroxylation is 2. The number of hydrogen-bond donors (Lipinski definition) is 1. The van der Waals surface area contributed by atoms with E-state index in [0.717, 1.165) is 28.2 Å². The number of fused-ring (bicyclic) bond motifs is 1. The van der Waals surface area contributed by atoms with Gasteiger partial charge >= 0.3 is 0 Å². The molecule has 0 spiro atoms. The van der Waals surface area contributed by atoms with Crippen molar-refractivity contribution in [1.82, 2.24) is 9.38 Å². The number of carbonyl (C=O) groups excluding carboxylic acids is 1. The van der Waals surface area contributed by atoms with Crippen molar-refractivity contribution in [2.75, 3.05) is 5.32 Å². The molecule has 29 heavy (non-hydrogen) atoms. The molecule has 4 rings (SSSR count). The van der Waals surface area contributed by atoms with Gasteiger partial charge in [-0.15, -0.1) is 0 Å². The van der Waals surface area contributed by atoms with Crippen LogP contribution in [0.15, 0.2) is 72.9 Å². The lowest BCUT2D eigenvalue weighted by Crippen LogP contribution is -2.16. The first-order valence-electron chi connectivity index (χ1n) is 9.70. The molecule has 0 saturated heterocycles. The van der Waals surface area contributed by atoms with Crippen LogP contribution in [0.4, 0.5) is 5.69 Å². The average Bonchev–Trinajstić information content (AvgIpc) is 3.11. The molecule has 0 aliphatic heterocycles. The molecule has 2 heterocycles. The van der Waals surface area contributed by atoms with Gasteiger partial charge in [0.2, 0.25) is 0 Å². The Bertz CT molecular complexity index is 1130. The SMILES string of the molecule is CCc1nc2cc(C)ccn2c1C(=O)Nc1ccc(OCc2ccccc2)cc1. The summed E-state index contributed by atoms with van der Waals surface area (Å²) >= 11 is 0. The predicted molar refractivity (Wildman–Crippen MR) is 114 cm³/mol. The Kier molecular flexibility index (Phi) is 5.29. The lowest BCUT2D eigenvalue weighted by Gasteiger charge is -2.09. The Hall–Kier alpha value is -3.60. The molecule has 0 fully saturated rings. The maximum Gasteiger partial charge on any atom is 0.274 e. The highest BCUT2D eigenvalue weighted by atomic mass is 16.5. The molecular weight excluding hydrogens is 362 g/mol. The minimum Gasteiger partial charge on any atom is -0.489 e. The Balaban J connectivity index is 1.48. The topological polar surface area (TPSA) is 55.6 Å². The smallest absolute Gasteiger partial charge is 0.274 e. The average molecular weight is 385 g/mol. The summed E-state index contributed by atoms with van der Waals surface area (Å²) < 4.78 is 7.65. The Labute approximate surface area is 170 Å². The largest absolute Gasteiger partial charge is 0.489 e. The number of hydrogen-bond acceptors (Lipinski definition) is 3. The number of ether oxygens (including phenoxy) is 1. The minimum atomic E-state index is -0.170. The van der Waals surface area contributed by atoms with Gasteiger partial charge in [0.15, 0.2) is 0 Å². The van der Waals surface area contributed by atoms with Crippen molar-refractivity contribution in [3.8, 4) is 5.75 Å². The summed E-state index contributed by atoms with van der Waals surface area (Å²) in [6.45, 7) is 4.53. The summed E-state index contributed by atoms with van der Waals surface area (Å²) in [6, 6.07) is 21.4. The van der Waals surface area contributed by atoms with E-state index < -0.39 is 0 Å². The van der Waals surface area contributed by atoms with Crippen LogP contribution < -0.4 is 10.1 Å². The molecule has 5 heteroatoms. The fourth-order valence-electron chi connectivity index (χ4n) is 3.25. The number of anilines is 1. The first-order chi connectivity index (χ1) is 14.1. The van der Waals surface area contributed by atoms with Crippen molar-refractivity contribution in [2.24, 2.45) is 0 Å². The number of amides is 1. The zero-order valence-corrected chi connectivity index (χ0v) is 16.6. The molecule has 0 aliphatic carbocycles. The highest BCUT2D eigenvalue weighted by Crippen LogP contribution is 2.20. The lowest BCUT2D eigenvalue weighted by molar-refractivity contribution is 0.102. The predicted octanol–water partition coefficient (Wildman–Crippen LogP) is 5.04. The third-order valence-electron chi connectivity index (χ3n) is 4.76. The van der Waals surface area contributed by atoms with E-state index >= 15 is 0 Å². The number of aromatic nitrogens is 2. The first-order valence-corrected chi connectivity index (χ1v) is 9.70. The van der Waals surface area contributed by atoms with Gasteiger partial charge in [-0.1, -0.05) is 37.3 Å². The Morgan fingerprint density at radius 3 is 2.55 bits per heavy atom. The zero-order chi connectivity index (χ0) is 20.2. The van der Waals surface area contributed by atoms with E-state index in [2.05, 4.69) is 10.3 Å². The second kappa shape index (κ2) is 8.19. The third-order valence-corrected chi connectivity index (χ3v) is 4.76. The van der Waals surface area contributed by atoms with Crippen molar-refractivity contribution in [3.63, 3.8) is 0 Å². The van der Waals surface area contributed by atoms with Gasteiger partial charge in [-0.05, 0) is 60.9 Å². The van der Waals surface area contributed by atoms with Gasteiger partial charge in [0.05, 0.1) is 5.69 Å². The van der Waals surface area contributed by atoms with E-state index in [1.165, 1.54) is 0 Å². The van der Waals surface area contributed by atoms with Crippen LogP contribution in [0.1, 0.15) is 34.2 Å². The van der Waals surface area contributed by atoms with Gasteiger partial charge in [0, 0.05) is 11.9 Å². The second-order valence-electron chi connectivity index (χ2n) is 6.95. The number of nitrogens with one attached hydrogen (secondary N) is 1. The summed E-state index contributed by atoms with van der Waals surface area (Å²) in [4.78, 5) is 17.6. The molecule has 4 aromatic rings. The normalized spacial score (nSPS) is 10.8. The maximum atomic E-state index is 12.9. The summed E-state index contributed by atoms with van der Waals surface area (Å²) in [6.07, 6.45) is 2.59. The van der Waals surface area contributed by atoms with Crippen LogP contribution in [-0.2, 0) is 13.0 Å². The molecule has 0 unspecified atom stereocenters. The molecule has 0 bridgehead atoms. The van der Waals surface area contributed by atoms with Crippen LogP contribution in [0, 0.1) is 6.92 Å². The van der Waals surface area contributed by atoms with E-state index in [-0.39, 0.29) is 5.91 Å². The van der Waals surface area contributed by atoms with E-state index in [9.17, 15) is 4.79 Å². The summed E-state index contributed by atoms with van der Waals surface area (Å²) in [5, 5.41) is 2.97. The number of imidazole rings is 1. The lowest BCUT2D eigenvalue weighted by atomic mass is 10.2. The zero-order valence-electron chi connectivity index (χ0n) is 16.6. The van der Waals surface area contributed by atoms with Crippen molar-refractivity contribution in [3.05, 3.63) is 95.4 Å². The number of nitrogens with zero attached hydrogens (tertiary/aromatic N) is 2. The monoisotopic (exact) mass is 385 g/mol. The molecule has 0 atom stereocenters. The standard InChI is InChI=1S/C24H23N3O2/c1-3-21-23(27-14-13-17(2)15-22(27)26-21)24(28)25-19-9-11-20(12-10-19)29-16-18-7-5-4-6-8-18/h4-15H,3,16H2,1-2H3,(H,25,28). The minimum absolute atomic E-state index is 0.170. The van der Waals surface area contributed by atoms with Crippen LogP contribution in [0.5, 0.6) is 5.75 Å². The number of pyridine rings is 1. The Morgan fingerprint density at radius 1 is 1.07 bits per heavy atom. The van der Waals surface area contributed by atoms with Crippen molar-refractivity contribution in [1.29, 1.82) is 0 Å². The van der Waals surface area contributed by atoms with Gasteiger partial charge in [0.1, 0.15) is 23.7 Å². The number of benzene rings is 2. The van der Waals surface area contributed by atoms with Crippen LogP contribution in [-0.4, -0.2) is 15.3 Å².